The number of halogens is 1. The van der Waals surface area contributed by atoms with Crippen LogP contribution in [0.5, 0.6) is 5.75 Å². The molecule has 7 heteroatoms. The fourth-order valence-electron chi connectivity index (χ4n) is 1.81. The lowest BCUT2D eigenvalue weighted by Gasteiger charge is -2.19. The summed E-state index contributed by atoms with van der Waals surface area (Å²) in [4.78, 5) is 23.5. The Morgan fingerprint density at radius 1 is 1.48 bits per heavy atom. The van der Waals surface area contributed by atoms with Gasteiger partial charge < -0.3 is 19.9 Å². The summed E-state index contributed by atoms with van der Waals surface area (Å²) in [5, 5.41) is 11.8. The van der Waals surface area contributed by atoms with Crippen molar-refractivity contribution in [2.45, 2.75) is 25.5 Å². The molecule has 0 spiro atoms. The van der Waals surface area contributed by atoms with Crippen molar-refractivity contribution in [1.29, 1.82) is 0 Å². The minimum Gasteiger partial charge on any atom is -0.496 e. The first-order chi connectivity index (χ1) is 10.9. The molecule has 23 heavy (non-hydrogen) atoms. The highest BCUT2D eigenvalue weighted by molar-refractivity contribution is 9.10. The molecule has 2 N–H and O–H groups in total. The Labute approximate surface area is 143 Å². The predicted octanol–water partition coefficient (Wildman–Crippen LogP) is 2.68. The highest BCUT2D eigenvalue weighted by Crippen LogP contribution is 2.28. The highest BCUT2D eigenvalue weighted by atomic mass is 79.9. The maximum Gasteiger partial charge on any atom is 0.330 e. The van der Waals surface area contributed by atoms with Gasteiger partial charge in [-0.2, -0.15) is 0 Å². The molecule has 2 unspecified atom stereocenters. The third-order valence-corrected chi connectivity index (χ3v) is 3.72. The molecule has 0 saturated carbocycles. The Morgan fingerprint density at radius 3 is 2.70 bits per heavy atom. The van der Waals surface area contributed by atoms with Gasteiger partial charge in [-0.15, -0.1) is 6.58 Å². The average molecular weight is 386 g/mol. The number of carboxylic acids is 1. The van der Waals surface area contributed by atoms with Gasteiger partial charge in [0.25, 0.3) is 0 Å². The SMILES string of the molecule is C=CCCOC(C)C(=O)NC(C(=O)O)c1ccc(OC)c(Br)c1. The van der Waals surface area contributed by atoms with Crippen LogP contribution in [0.3, 0.4) is 0 Å². The summed E-state index contributed by atoms with van der Waals surface area (Å²) >= 11 is 3.30. The molecule has 2 atom stereocenters. The number of amides is 1. The number of carboxylic acid groups (broad SMARTS) is 1. The normalized spacial score (nSPS) is 13.0. The lowest BCUT2D eigenvalue weighted by molar-refractivity contribution is -0.144. The van der Waals surface area contributed by atoms with E-state index in [9.17, 15) is 14.7 Å². The first-order valence-electron chi connectivity index (χ1n) is 6.99. The van der Waals surface area contributed by atoms with Crippen LogP contribution in [0, 0.1) is 0 Å². The van der Waals surface area contributed by atoms with Gasteiger partial charge in [0.15, 0.2) is 6.04 Å². The highest BCUT2D eigenvalue weighted by Gasteiger charge is 2.25. The van der Waals surface area contributed by atoms with Gasteiger partial charge in [0.05, 0.1) is 18.2 Å². The molecule has 1 aromatic rings. The van der Waals surface area contributed by atoms with E-state index in [0.29, 0.717) is 28.8 Å². The smallest absolute Gasteiger partial charge is 0.330 e. The monoisotopic (exact) mass is 385 g/mol. The van der Waals surface area contributed by atoms with Crippen LogP contribution in [-0.2, 0) is 14.3 Å². The number of nitrogens with one attached hydrogen (secondary N) is 1. The number of ether oxygens (including phenoxy) is 2. The van der Waals surface area contributed by atoms with E-state index in [2.05, 4.69) is 27.8 Å². The van der Waals surface area contributed by atoms with E-state index in [4.69, 9.17) is 9.47 Å². The van der Waals surface area contributed by atoms with E-state index < -0.39 is 24.0 Å². The molecular weight excluding hydrogens is 366 g/mol. The number of carbonyl (C=O) groups is 2. The number of aliphatic carboxylic acids is 1. The Balaban J connectivity index is 2.83. The Hall–Kier alpha value is -1.86. The number of carbonyl (C=O) groups excluding carboxylic acids is 1. The summed E-state index contributed by atoms with van der Waals surface area (Å²) in [5.41, 5.74) is 0.428. The molecule has 0 aliphatic carbocycles. The second-order valence-electron chi connectivity index (χ2n) is 4.76. The van der Waals surface area contributed by atoms with Crippen LogP contribution in [0.4, 0.5) is 0 Å². The van der Waals surface area contributed by atoms with Gasteiger partial charge in [0, 0.05) is 0 Å². The number of rotatable bonds is 9. The lowest BCUT2D eigenvalue weighted by atomic mass is 10.1. The molecule has 0 bridgehead atoms. The number of benzene rings is 1. The maximum atomic E-state index is 12.1. The van der Waals surface area contributed by atoms with Gasteiger partial charge in [-0.05, 0) is 47.0 Å². The molecule has 6 nitrogen and oxygen atoms in total. The number of hydrogen-bond donors (Lipinski definition) is 2. The van der Waals surface area contributed by atoms with Crippen LogP contribution < -0.4 is 10.1 Å². The van der Waals surface area contributed by atoms with Crippen molar-refractivity contribution in [3.8, 4) is 5.75 Å². The van der Waals surface area contributed by atoms with E-state index in [1.54, 1.807) is 31.2 Å². The van der Waals surface area contributed by atoms with Crippen LogP contribution in [0.1, 0.15) is 24.9 Å². The van der Waals surface area contributed by atoms with Crippen molar-refractivity contribution in [3.63, 3.8) is 0 Å². The summed E-state index contributed by atoms with van der Waals surface area (Å²) in [6.45, 7) is 5.48. The molecule has 1 rings (SSSR count). The van der Waals surface area contributed by atoms with Gasteiger partial charge in [0.2, 0.25) is 5.91 Å². The molecule has 0 aromatic heterocycles. The predicted molar refractivity (Wildman–Crippen MR) is 89.4 cm³/mol. The number of hydrogen-bond acceptors (Lipinski definition) is 4. The fourth-order valence-corrected chi connectivity index (χ4v) is 2.37. The van der Waals surface area contributed by atoms with E-state index >= 15 is 0 Å². The zero-order valence-electron chi connectivity index (χ0n) is 13.0. The third-order valence-electron chi connectivity index (χ3n) is 3.10. The second kappa shape index (κ2) is 9.32. The molecule has 0 aliphatic heterocycles. The van der Waals surface area contributed by atoms with E-state index in [1.807, 2.05) is 0 Å². The summed E-state index contributed by atoms with van der Waals surface area (Å²) < 4.78 is 11.0. The van der Waals surface area contributed by atoms with E-state index in [0.717, 1.165) is 0 Å². The van der Waals surface area contributed by atoms with Crippen molar-refractivity contribution in [2.24, 2.45) is 0 Å². The van der Waals surface area contributed by atoms with Crippen LogP contribution in [0.2, 0.25) is 0 Å². The summed E-state index contributed by atoms with van der Waals surface area (Å²) in [6.07, 6.45) is 1.55. The Bertz CT molecular complexity index is 576. The second-order valence-corrected chi connectivity index (χ2v) is 5.62. The van der Waals surface area contributed by atoms with Crippen molar-refractivity contribution >= 4 is 27.8 Å². The zero-order chi connectivity index (χ0) is 17.4. The maximum absolute atomic E-state index is 12.1. The van der Waals surface area contributed by atoms with Crippen LogP contribution in [0.15, 0.2) is 35.3 Å². The van der Waals surface area contributed by atoms with Crippen LogP contribution >= 0.6 is 15.9 Å². The fraction of sp³-hybridized carbons (Fsp3) is 0.375. The van der Waals surface area contributed by atoms with Crippen LogP contribution in [-0.4, -0.2) is 36.8 Å². The Morgan fingerprint density at radius 2 is 2.17 bits per heavy atom. The quantitative estimate of drug-likeness (QED) is 0.504. The molecule has 1 amide bonds. The topological polar surface area (TPSA) is 84.9 Å². The van der Waals surface area contributed by atoms with Gasteiger partial charge in [-0.1, -0.05) is 12.1 Å². The lowest BCUT2D eigenvalue weighted by Crippen LogP contribution is -2.40. The summed E-state index contributed by atoms with van der Waals surface area (Å²) in [6, 6.07) is 3.65. The molecule has 1 aromatic carbocycles. The van der Waals surface area contributed by atoms with Gasteiger partial charge in [-0.25, -0.2) is 4.79 Å². The molecule has 0 heterocycles. The molecule has 126 valence electrons. The van der Waals surface area contributed by atoms with Gasteiger partial charge in [0.1, 0.15) is 11.9 Å². The largest absolute Gasteiger partial charge is 0.496 e. The molecule has 0 saturated heterocycles. The average Bonchev–Trinajstić information content (AvgIpc) is 2.52. The summed E-state index contributed by atoms with van der Waals surface area (Å²) in [7, 11) is 1.51. The van der Waals surface area contributed by atoms with Crippen molar-refractivity contribution in [1.82, 2.24) is 5.32 Å². The summed E-state index contributed by atoms with van der Waals surface area (Å²) in [5.74, 6) is -1.08. The van der Waals surface area contributed by atoms with Crippen LogP contribution in [0.25, 0.3) is 0 Å². The van der Waals surface area contributed by atoms with Crippen molar-refractivity contribution < 1.29 is 24.2 Å². The standard InChI is InChI=1S/C16H20BrNO5/c1-4-5-8-23-10(2)15(19)18-14(16(20)21)11-6-7-13(22-3)12(17)9-11/h4,6-7,9-10,14H,1,5,8H2,2-3H3,(H,18,19)(H,20,21). The van der Waals surface area contributed by atoms with Crippen molar-refractivity contribution in [2.75, 3.05) is 13.7 Å². The van der Waals surface area contributed by atoms with Gasteiger partial charge in [-0.3, -0.25) is 4.79 Å². The first-order valence-corrected chi connectivity index (χ1v) is 7.79. The minimum atomic E-state index is -1.17. The molecule has 0 aliphatic rings. The molecular formula is C16H20BrNO5. The first kappa shape index (κ1) is 19.2. The van der Waals surface area contributed by atoms with E-state index in [-0.39, 0.29) is 0 Å². The van der Waals surface area contributed by atoms with E-state index in [1.165, 1.54) is 7.11 Å². The minimum absolute atomic E-state index is 0.351. The Kier molecular flexibility index (Phi) is 7.77. The third kappa shape index (κ3) is 5.69. The van der Waals surface area contributed by atoms with Gasteiger partial charge >= 0.3 is 5.97 Å². The zero-order valence-corrected chi connectivity index (χ0v) is 14.6. The molecule has 0 fully saturated rings. The molecule has 0 radical (unpaired) electrons. The number of methoxy groups -OCH3 is 1. The van der Waals surface area contributed by atoms with Crippen molar-refractivity contribution in [3.05, 3.63) is 40.9 Å².